The van der Waals surface area contributed by atoms with Gasteiger partial charge in [0, 0.05) is 31.2 Å². The fourth-order valence-electron chi connectivity index (χ4n) is 2.29. The first-order valence-corrected chi connectivity index (χ1v) is 6.74. The van der Waals surface area contributed by atoms with Crippen LogP contribution in [-0.2, 0) is 13.0 Å². The number of aromatic nitrogens is 3. The van der Waals surface area contributed by atoms with Gasteiger partial charge in [0.05, 0.1) is 18.2 Å². The molecule has 0 aliphatic carbocycles. The van der Waals surface area contributed by atoms with E-state index in [0.29, 0.717) is 12.1 Å². The third-order valence-corrected chi connectivity index (χ3v) is 3.39. The third-order valence-electron chi connectivity index (χ3n) is 3.39. The zero-order chi connectivity index (χ0) is 14.5. The molecule has 0 aliphatic heterocycles. The number of pyridine rings is 1. The molecule has 2 aromatic heterocycles. The predicted octanol–water partition coefficient (Wildman–Crippen LogP) is 2.79. The highest BCUT2D eigenvalue weighted by Gasteiger charge is 2.07. The minimum absolute atomic E-state index is 0.657. The highest BCUT2D eigenvalue weighted by atomic mass is 15.1. The second-order valence-electron chi connectivity index (χ2n) is 4.77. The van der Waals surface area contributed by atoms with Gasteiger partial charge in [0.1, 0.15) is 5.82 Å². The van der Waals surface area contributed by atoms with Crippen LogP contribution >= 0.6 is 0 Å². The largest absolute Gasteiger partial charge is 0.330 e. The van der Waals surface area contributed by atoms with Crippen LogP contribution in [0.1, 0.15) is 22.5 Å². The minimum atomic E-state index is 0.657. The molecule has 4 heteroatoms. The molecule has 0 atom stereocenters. The van der Waals surface area contributed by atoms with Gasteiger partial charge in [0.25, 0.3) is 0 Å². The fraction of sp³-hybridized carbons (Fsp3) is 0.118. The lowest BCUT2D eigenvalue weighted by atomic mass is 10.1. The Hall–Kier alpha value is -2.93. The molecule has 0 saturated carbocycles. The quantitative estimate of drug-likeness (QED) is 0.735. The zero-order valence-corrected chi connectivity index (χ0v) is 11.5. The molecular weight excluding hydrogens is 260 g/mol. The Morgan fingerprint density at radius 3 is 2.67 bits per heavy atom. The van der Waals surface area contributed by atoms with E-state index in [1.807, 2.05) is 42.6 Å². The van der Waals surface area contributed by atoms with E-state index in [1.54, 1.807) is 18.6 Å². The summed E-state index contributed by atoms with van der Waals surface area (Å²) in [6.07, 6.45) is 8.07. The van der Waals surface area contributed by atoms with Gasteiger partial charge in [-0.2, -0.15) is 5.26 Å². The molecule has 0 unspecified atom stereocenters. The summed E-state index contributed by atoms with van der Waals surface area (Å²) >= 11 is 0. The molecule has 0 amide bonds. The Morgan fingerprint density at radius 2 is 1.86 bits per heavy atom. The number of nitrogens with zero attached hydrogens (tertiary/aromatic N) is 4. The van der Waals surface area contributed by atoms with Gasteiger partial charge in [-0.15, -0.1) is 0 Å². The number of benzene rings is 1. The first-order chi connectivity index (χ1) is 10.4. The molecule has 3 aromatic rings. The number of imidazole rings is 1. The van der Waals surface area contributed by atoms with Crippen LogP contribution in [0.4, 0.5) is 0 Å². The maximum atomic E-state index is 9.17. The van der Waals surface area contributed by atoms with Crippen molar-refractivity contribution in [3.8, 4) is 6.07 Å². The molecule has 0 fully saturated rings. The van der Waals surface area contributed by atoms with Crippen molar-refractivity contribution in [3.63, 3.8) is 0 Å². The zero-order valence-electron chi connectivity index (χ0n) is 11.5. The second kappa shape index (κ2) is 6.02. The molecule has 4 nitrogen and oxygen atoms in total. The lowest BCUT2D eigenvalue weighted by Crippen LogP contribution is -2.06. The Kier molecular flexibility index (Phi) is 3.74. The van der Waals surface area contributed by atoms with Gasteiger partial charge < -0.3 is 4.57 Å². The van der Waals surface area contributed by atoms with Crippen LogP contribution in [0.2, 0.25) is 0 Å². The van der Waals surface area contributed by atoms with Gasteiger partial charge in [-0.25, -0.2) is 4.98 Å². The highest BCUT2D eigenvalue weighted by molar-refractivity contribution is 5.37. The van der Waals surface area contributed by atoms with Gasteiger partial charge in [-0.1, -0.05) is 18.2 Å². The summed E-state index contributed by atoms with van der Waals surface area (Å²) < 4.78 is 2.08. The van der Waals surface area contributed by atoms with Crippen molar-refractivity contribution < 1.29 is 0 Å². The molecule has 3 rings (SSSR count). The van der Waals surface area contributed by atoms with Crippen LogP contribution in [0, 0.1) is 11.3 Å². The van der Waals surface area contributed by atoms with E-state index in [1.165, 1.54) is 5.56 Å². The predicted molar refractivity (Wildman–Crippen MR) is 79.5 cm³/mol. The Balaban J connectivity index is 1.85. The van der Waals surface area contributed by atoms with E-state index in [0.717, 1.165) is 17.8 Å². The van der Waals surface area contributed by atoms with Crippen LogP contribution in [0.15, 0.2) is 61.2 Å². The molecule has 0 saturated heterocycles. The number of rotatable bonds is 4. The summed E-state index contributed by atoms with van der Waals surface area (Å²) in [5, 5.41) is 9.17. The van der Waals surface area contributed by atoms with Crippen LogP contribution in [0.25, 0.3) is 0 Å². The van der Waals surface area contributed by atoms with Crippen LogP contribution in [-0.4, -0.2) is 14.5 Å². The lowest BCUT2D eigenvalue weighted by molar-refractivity contribution is 0.739. The normalized spacial score (nSPS) is 10.2. The van der Waals surface area contributed by atoms with E-state index < -0.39 is 0 Å². The first-order valence-electron chi connectivity index (χ1n) is 6.74. The molecule has 0 aliphatic rings. The Bertz CT molecular complexity index is 769. The second-order valence-corrected chi connectivity index (χ2v) is 4.77. The maximum Gasteiger partial charge on any atom is 0.113 e. The molecular formula is C17H14N4. The molecule has 1 aromatic carbocycles. The van der Waals surface area contributed by atoms with Crippen LogP contribution in [0.5, 0.6) is 0 Å². The minimum Gasteiger partial charge on any atom is -0.330 e. The van der Waals surface area contributed by atoms with Crippen molar-refractivity contribution >= 4 is 0 Å². The SMILES string of the molecule is N#Cc1ccccc1Cn1ccnc1Cc1ccncc1. The summed E-state index contributed by atoms with van der Waals surface area (Å²) in [7, 11) is 0. The summed E-state index contributed by atoms with van der Waals surface area (Å²) in [5.41, 5.74) is 2.89. The van der Waals surface area contributed by atoms with E-state index in [2.05, 4.69) is 20.6 Å². The van der Waals surface area contributed by atoms with Crippen molar-refractivity contribution in [2.24, 2.45) is 0 Å². The fourth-order valence-corrected chi connectivity index (χ4v) is 2.29. The number of nitriles is 1. The summed E-state index contributed by atoms with van der Waals surface area (Å²) in [6, 6.07) is 13.9. The van der Waals surface area contributed by atoms with Crippen molar-refractivity contribution in [2.75, 3.05) is 0 Å². The molecule has 0 N–H and O–H groups in total. The molecule has 21 heavy (non-hydrogen) atoms. The van der Waals surface area contributed by atoms with Crippen LogP contribution in [0.3, 0.4) is 0 Å². The standard InChI is InChI=1S/C17H14N4/c18-12-15-3-1-2-4-16(15)13-21-10-9-20-17(21)11-14-5-7-19-8-6-14/h1-10H,11,13H2. The van der Waals surface area contributed by atoms with Crippen LogP contribution < -0.4 is 0 Å². The molecule has 0 radical (unpaired) electrons. The summed E-state index contributed by atoms with van der Waals surface area (Å²) in [4.78, 5) is 8.45. The van der Waals surface area contributed by atoms with E-state index in [-0.39, 0.29) is 0 Å². The number of hydrogen-bond donors (Lipinski definition) is 0. The first kappa shape index (κ1) is 13.1. The van der Waals surface area contributed by atoms with Gasteiger partial charge in [-0.05, 0) is 29.3 Å². The van der Waals surface area contributed by atoms with Crippen molar-refractivity contribution in [3.05, 3.63) is 83.7 Å². The Morgan fingerprint density at radius 1 is 1.05 bits per heavy atom. The number of hydrogen-bond acceptors (Lipinski definition) is 3. The molecule has 2 heterocycles. The third kappa shape index (κ3) is 2.98. The molecule has 102 valence electrons. The van der Waals surface area contributed by atoms with E-state index in [9.17, 15) is 0 Å². The van der Waals surface area contributed by atoms with Gasteiger partial charge >= 0.3 is 0 Å². The average Bonchev–Trinajstić information content (AvgIpc) is 2.96. The smallest absolute Gasteiger partial charge is 0.113 e. The van der Waals surface area contributed by atoms with Crippen molar-refractivity contribution in [1.29, 1.82) is 5.26 Å². The van der Waals surface area contributed by atoms with Gasteiger partial charge in [-0.3, -0.25) is 4.98 Å². The maximum absolute atomic E-state index is 9.17. The highest BCUT2D eigenvalue weighted by Crippen LogP contribution is 2.13. The molecule has 0 bridgehead atoms. The summed E-state index contributed by atoms with van der Waals surface area (Å²) in [6.45, 7) is 0.657. The van der Waals surface area contributed by atoms with Gasteiger partial charge in [0.15, 0.2) is 0 Å². The van der Waals surface area contributed by atoms with E-state index >= 15 is 0 Å². The lowest BCUT2D eigenvalue weighted by Gasteiger charge is -2.09. The average molecular weight is 274 g/mol. The topological polar surface area (TPSA) is 54.5 Å². The summed E-state index contributed by atoms with van der Waals surface area (Å²) in [5.74, 6) is 0.981. The van der Waals surface area contributed by atoms with Crippen molar-refractivity contribution in [1.82, 2.24) is 14.5 Å². The van der Waals surface area contributed by atoms with Crippen molar-refractivity contribution in [2.45, 2.75) is 13.0 Å². The van der Waals surface area contributed by atoms with E-state index in [4.69, 9.17) is 5.26 Å². The monoisotopic (exact) mass is 274 g/mol. The molecule has 0 spiro atoms. The van der Waals surface area contributed by atoms with Gasteiger partial charge in [0.2, 0.25) is 0 Å². The Labute approximate surface area is 123 Å².